The molecule has 0 amide bonds. The van der Waals surface area contributed by atoms with Crippen LogP contribution >= 0.6 is 11.3 Å². The molecule has 3 rings (SSSR count). The smallest absolute Gasteiger partial charge is 0.349 e. The van der Waals surface area contributed by atoms with Crippen molar-refractivity contribution in [2.24, 2.45) is 5.92 Å². The molecule has 0 saturated heterocycles. The van der Waals surface area contributed by atoms with Crippen LogP contribution in [0.2, 0.25) is 0 Å². The van der Waals surface area contributed by atoms with Gasteiger partial charge in [-0.15, -0.1) is 11.3 Å². The Kier molecular flexibility index (Phi) is 3.92. The van der Waals surface area contributed by atoms with Crippen LogP contribution in [0.3, 0.4) is 0 Å². The standard InChI is InChI=1S/C16H20O3S/c1-10-6-7-14-11(8-10)9-15(20-14)16(18)19-13-5-3-2-4-12(13)17/h9-10,13H,2-8H2,1H3/t10-,13+/m1/s1. The van der Waals surface area contributed by atoms with Gasteiger partial charge in [-0.05, 0) is 56.1 Å². The number of carbonyl (C=O) groups is 2. The number of hydrogen-bond acceptors (Lipinski definition) is 4. The van der Waals surface area contributed by atoms with Gasteiger partial charge < -0.3 is 4.74 Å². The van der Waals surface area contributed by atoms with E-state index in [1.807, 2.05) is 6.07 Å². The van der Waals surface area contributed by atoms with E-state index in [1.54, 1.807) is 11.3 Å². The van der Waals surface area contributed by atoms with Crippen molar-refractivity contribution in [3.63, 3.8) is 0 Å². The number of hydrogen-bond donors (Lipinski definition) is 0. The summed E-state index contributed by atoms with van der Waals surface area (Å²) in [6.45, 7) is 2.25. The second-order valence-corrected chi connectivity index (χ2v) is 7.15. The molecule has 2 aliphatic carbocycles. The molecule has 3 nitrogen and oxygen atoms in total. The number of ether oxygens (including phenoxy) is 1. The van der Waals surface area contributed by atoms with Gasteiger partial charge in [0.15, 0.2) is 11.9 Å². The van der Waals surface area contributed by atoms with Crippen molar-refractivity contribution in [3.05, 3.63) is 21.4 Å². The van der Waals surface area contributed by atoms with Crippen LogP contribution in [-0.2, 0) is 22.4 Å². The van der Waals surface area contributed by atoms with E-state index in [9.17, 15) is 9.59 Å². The SMILES string of the molecule is C[C@@H]1CCc2sc(C(=O)O[C@H]3CCCCC3=O)cc2C1. The average Bonchev–Trinajstić information content (AvgIpc) is 2.84. The third-order valence-electron chi connectivity index (χ3n) is 4.28. The predicted molar refractivity (Wildman–Crippen MR) is 78.2 cm³/mol. The summed E-state index contributed by atoms with van der Waals surface area (Å²) in [6.07, 6.45) is 5.96. The minimum atomic E-state index is -0.505. The molecule has 0 radical (unpaired) electrons. The lowest BCUT2D eigenvalue weighted by Gasteiger charge is -2.20. The van der Waals surface area contributed by atoms with E-state index in [1.165, 1.54) is 16.9 Å². The molecule has 1 aromatic heterocycles. The van der Waals surface area contributed by atoms with Crippen molar-refractivity contribution in [2.45, 2.75) is 58.0 Å². The van der Waals surface area contributed by atoms with Crippen LogP contribution in [0.15, 0.2) is 6.07 Å². The number of ketones is 1. The Balaban J connectivity index is 1.69. The number of Topliss-reactive ketones (excluding diaryl/α,β-unsaturated/α-hetero) is 1. The molecular weight excluding hydrogens is 272 g/mol. The molecule has 0 unspecified atom stereocenters. The molecule has 1 saturated carbocycles. The summed E-state index contributed by atoms with van der Waals surface area (Å²) in [4.78, 5) is 25.9. The van der Waals surface area contributed by atoms with E-state index in [4.69, 9.17) is 4.74 Å². The van der Waals surface area contributed by atoms with Gasteiger partial charge in [-0.2, -0.15) is 0 Å². The third-order valence-corrected chi connectivity index (χ3v) is 5.50. The van der Waals surface area contributed by atoms with E-state index in [0.717, 1.165) is 25.7 Å². The summed E-state index contributed by atoms with van der Waals surface area (Å²) >= 11 is 1.55. The largest absolute Gasteiger partial charge is 0.450 e. The molecule has 0 spiro atoms. The molecule has 108 valence electrons. The zero-order valence-electron chi connectivity index (χ0n) is 11.8. The van der Waals surface area contributed by atoms with Crippen molar-refractivity contribution in [2.75, 3.05) is 0 Å². The van der Waals surface area contributed by atoms with E-state index >= 15 is 0 Å². The monoisotopic (exact) mass is 292 g/mol. The second kappa shape index (κ2) is 5.68. The maximum Gasteiger partial charge on any atom is 0.349 e. The summed E-state index contributed by atoms with van der Waals surface area (Å²) in [5, 5.41) is 0. The lowest BCUT2D eigenvalue weighted by atomic mass is 9.90. The number of rotatable bonds is 2. The minimum Gasteiger partial charge on any atom is -0.450 e. The highest BCUT2D eigenvalue weighted by Gasteiger charge is 2.28. The molecule has 0 bridgehead atoms. The average molecular weight is 292 g/mol. The van der Waals surface area contributed by atoms with Crippen LogP contribution in [0.5, 0.6) is 0 Å². The van der Waals surface area contributed by atoms with Gasteiger partial charge >= 0.3 is 5.97 Å². The fraction of sp³-hybridized carbons (Fsp3) is 0.625. The predicted octanol–water partition coefficient (Wildman–Crippen LogP) is 3.54. The van der Waals surface area contributed by atoms with Crippen LogP contribution in [0.25, 0.3) is 0 Å². The van der Waals surface area contributed by atoms with Crippen molar-refractivity contribution in [1.29, 1.82) is 0 Å². The lowest BCUT2D eigenvalue weighted by Crippen LogP contribution is -2.29. The van der Waals surface area contributed by atoms with Crippen LogP contribution < -0.4 is 0 Å². The topological polar surface area (TPSA) is 43.4 Å². The van der Waals surface area contributed by atoms with Crippen molar-refractivity contribution >= 4 is 23.1 Å². The maximum atomic E-state index is 12.2. The van der Waals surface area contributed by atoms with Crippen LogP contribution in [0.4, 0.5) is 0 Å². The molecule has 1 heterocycles. The van der Waals surface area contributed by atoms with Gasteiger partial charge in [0.05, 0.1) is 0 Å². The summed E-state index contributed by atoms with van der Waals surface area (Å²) in [7, 11) is 0. The van der Waals surface area contributed by atoms with Crippen LogP contribution in [0.1, 0.15) is 59.1 Å². The van der Waals surface area contributed by atoms with Gasteiger partial charge in [-0.3, -0.25) is 4.79 Å². The molecule has 20 heavy (non-hydrogen) atoms. The van der Waals surface area contributed by atoms with E-state index in [0.29, 0.717) is 23.6 Å². The van der Waals surface area contributed by atoms with Crippen LogP contribution in [-0.4, -0.2) is 17.9 Å². The quantitative estimate of drug-likeness (QED) is 0.783. The summed E-state index contributed by atoms with van der Waals surface area (Å²) in [5.41, 5.74) is 1.30. The first-order chi connectivity index (χ1) is 9.63. The fourth-order valence-electron chi connectivity index (χ4n) is 3.07. The lowest BCUT2D eigenvalue weighted by molar-refractivity contribution is -0.129. The Morgan fingerprint density at radius 2 is 2.15 bits per heavy atom. The minimum absolute atomic E-state index is 0.0829. The molecule has 2 aliphatic rings. The van der Waals surface area contributed by atoms with Gasteiger partial charge in [0.2, 0.25) is 0 Å². The Bertz CT molecular complexity index is 532. The first-order valence-corrected chi connectivity index (χ1v) is 8.30. The zero-order chi connectivity index (χ0) is 14.1. The summed E-state index contributed by atoms with van der Waals surface area (Å²) in [5.74, 6) is 0.470. The normalized spacial score (nSPS) is 26.1. The Morgan fingerprint density at radius 1 is 1.30 bits per heavy atom. The number of fused-ring (bicyclic) bond motifs is 1. The number of aryl methyl sites for hydroxylation is 1. The highest BCUT2D eigenvalue weighted by molar-refractivity contribution is 7.14. The van der Waals surface area contributed by atoms with Crippen LogP contribution in [0, 0.1) is 5.92 Å². The molecule has 0 N–H and O–H groups in total. The number of thiophene rings is 1. The third kappa shape index (κ3) is 2.80. The Labute approximate surface area is 123 Å². The second-order valence-electron chi connectivity index (χ2n) is 6.01. The van der Waals surface area contributed by atoms with Gasteiger partial charge in [-0.1, -0.05) is 6.92 Å². The number of carbonyl (C=O) groups excluding carboxylic acids is 2. The van der Waals surface area contributed by atoms with E-state index in [2.05, 4.69) is 6.92 Å². The molecule has 4 heteroatoms. The van der Waals surface area contributed by atoms with Gasteiger partial charge in [0, 0.05) is 11.3 Å². The zero-order valence-corrected chi connectivity index (χ0v) is 12.6. The molecular formula is C16H20O3S. The molecule has 2 atom stereocenters. The Hall–Kier alpha value is -1.16. The summed E-state index contributed by atoms with van der Waals surface area (Å²) < 4.78 is 5.42. The van der Waals surface area contributed by atoms with Crippen molar-refractivity contribution < 1.29 is 14.3 Å². The first-order valence-electron chi connectivity index (χ1n) is 7.49. The summed E-state index contributed by atoms with van der Waals surface area (Å²) in [6, 6.07) is 1.98. The number of esters is 1. The molecule has 1 aromatic rings. The highest BCUT2D eigenvalue weighted by atomic mass is 32.1. The molecule has 0 aromatic carbocycles. The fourth-order valence-corrected chi connectivity index (χ4v) is 4.16. The van der Waals surface area contributed by atoms with E-state index < -0.39 is 6.10 Å². The van der Waals surface area contributed by atoms with Gasteiger partial charge in [-0.25, -0.2) is 4.79 Å². The molecule has 0 aliphatic heterocycles. The van der Waals surface area contributed by atoms with E-state index in [-0.39, 0.29) is 11.8 Å². The molecule has 1 fully saturated rings. The maximum absolute atomic E-state index is 12.2. The van der Waals surface area contributed by atoms with Gasteiger partial charge in [0.25, 0.3) is 0 Å². The first kappa shape index (κ1) is 13.8. The van der Waals surface area contributed by atoms with Crippen molar-refractivity contribution in [3.8, 4) is 0 Å². The Morgan fingerprint density at radius 3 is 2.95 bits per heavy atom. The van der Waals surface area contributed by atoms with Gasteiger partial charge in [0.1, 0.15) is 4.88 Å². The highest BCUT2D eigenvalue weighted by Crippen LogP contribution is 2.33. The van der Waals surface area contributed by atoms with Crippen molar-refractivity contribution in [1.82, 2.24) is 0 Å².